The van der Waals surface area contributed by atoms with Crippen LogP contribution in [0.1, 0.15) is 11.1 Å². The van der Waals surface area contributed by atoms with E-state index in [9.17, 15) is 0 Å². The van der Waals surface area contributed by atoms with Crippen LogP contribution in [-0.4, -0.2) is 11.2 Å². The maximum Gasteiger partial charge on any atom is 0.203 e. The van der Waals surface area contributed by atoms with Gasteiger partial charge in [0.1, 0.15) is 12.4 Å². The number of ether oxygens (including phenoxy) is 1. The molecular formula is C23H19N3OS. The van der Waals surface area contributed by atoms with Crippen molar-refractivity contribution in [1.82, 2.24) is 4.98 Å². The summed E-state index contributed by atoms with van der Waals surface area (Å²) in [5.74, 6) is 0.813. The minimum absolute atomic E-state index is 0.543. The van der Waals surface area contributed by atoms with Crippen molar-refractivity contribution in [2.75, 3.05) is 5.43 Å². The van der Waals surface area contributed by atoms with Crippen LogP contribution in [0.25, 0.3) is 11.3 Å². The standard InChI is InChI=1S/C23H19N3OS/c1-3-8-18(9-4-1)16-27-21-13-7-10-19(14-21)15-24-26-23-25-22(17-28-23)20-11-5-2-6-12-20/h1-15,17H,16H2,(H,25,26). The molecule has 1 aromatic heterocycles. The van der Waals surface area contributed by atoms with Crippen LogP contribution in [0.3, 0.4) is 0 Å². The summed E-state index contributed by atoms with van der Waals surface area (Å²) in [7, 11) is 0. The lowest BCUT2D eigenvalue weighted by molar-refractivity contribution is 0.306. The summed E-state index contributed by atoms with van der Waals surface area (Å²) in [5.41, 5.74) is 7.13. The molecule has 0 unspecified atom stereocenters. The molecule has 1 heterocycles. The Morgan fingerprint density at radius 1 is 0.929 bits per heavy atom. The van der Waals surface area contributed by atoms with Crippen molar-refractivity contribution in [3.8, 4) is 17.0 Å². The quantitative estimate of drug-likeness (QED) is 0.321. The van der Waals surface area contributed by atoms with Gasteiger partial charge in [-0.15, -0.1) is 11.3 Å². The zero-order valence-corrected chi connectivity index (χ0v) is 16.0. The zero-order valence-electron chi connectivity index (χ0n) is 15.2. The molecule has 1 N–H and O–H groups in total. The van der Waals surface area contributed by atoms with Crippen molar-refractivity contribution in [3.63, 3.8) is 0 Å². The number of thiazole rings is 1. The van der Waals surface area contributed by atoms with Gasteiger partial charge in [-0.1, -0.05) is 72.8 Å². The third kappa shape index (κ3) is 4.84. The molecule has 4 rings (SSSR count). The summed E-state index contributed by atoms with van der Waals surface area (Å²) in [6, 6.07) is 28.1. The van der Waals surface area contributed by atoms with Crippen LogP contribution in [0.5, 0.6) is 5.75 Å². The molecule has 0 radical (unpaired) electrons. The van der Waals surface area contributed by atoms with Gasteiger partial charge in [-0.3, -0.25) is 5.43 Å². The maximum atomic E-state index is 5.86. The molecule has 0 fully saturated rings. The Kier molecular flexibility index (Phi) is 5.75. The molecule has 138 valence electrons. The van der Waals surface area contributed by atoms with E-state index in [0.717, 1.165) is 33.3 Å². The lowest BCUT2D eigenvalue weighted by Crippen LogP contribution is -1.96. The highest BCUT2D eigenvalue weighted by molar-refractivity contribution is 7.14. The van der Waals surface area contributed by atoms with Crippen molar-refractivity contribution < 1.29 is 4.74 Å². The highest BCUT2D eigenvalue weighted by atomic mass is 32.1. The van der Waals surface area contributed by atoms with E-state index in [1.54, 1.807) is 6.21 Å². The summed E-state index contributed by atoms with van der Waals surface area (Å²) in [4.78, 5) is 4.56. The minimum Gasteiger partial charge on any atom is -0.489 e. The van der Waals surface area contributed by atoms with E-state index in [1.165, 1.54) is 11.3 Å². The van der Waals surface area contributed by atoms with Crippen LogP contribution in [0.15, 0.2) is 95.4 Å². The topological polar surface area (TPSA) is 46.5 Å². The predicted molar refractivity (Wildman–Crippen MR) is 116 cm³/mol. The fourth-order valence-electron chi connectivity index (χ4n) is 2.65. The van der Waals surface area contributed by atoms with Crippen LogP contribution < -0.4 is 10.2 Å². The number of rotatable bonds is 7. The van der Waals surface area contributed by atoms with Crippen molar-refractivity contribution in [3.05, 3.63) is 101 Å². The van der Waals surface area contributed by atoms with Crippen LogP contribution in [0, 0.1) is 0 Å². The third-order valence-corrected chi connectivity index (χ3v) is 4.80. The number of hydrogen-bond acceptors (Lipinski definition) is 5. The number of benzene rings is 3. The van der Waals surface area contributed by atoms with Gasteiger partial charge in [-0.2, -0.15) is 5.10 Å². The van der Waals surface area contributed by atoms with E-state index in [1.807, 2.05) is 90.3 Å². The van der Waals surface area contributed by atoms with Gasteiger partial charge in [0.05, 0.1) is 11.9 Å². The Morgan fingerprint density at radius 2 is 1.71 bits per heavy atom. The van der Waals surface area contributed by atoms with Crippen LogP contribution in [-0.2, 0) is 6.61 Å². The van der Waals surface area contributed by atoms with E-state index >= 15 is 0 Å². The fraction of sp³-hybridized carbons (Fsp3) is 0.0435. The van der Waals surface area contributed by atoms with Gasteiger partial charge < -0.3 is 4.74 Å². The molecule has 0 aliphatic rings. The Labute approximate surface area is 168 Å². The SMILES string of the molecule is C(=NNc1nc(-c2ccccc2)cs1)c1cccc(OCc2ccccc2)c1. The number of anilines is 1. The highest BCUT2D eigenvalue weighted by Gasteiger charge is 2.03. The van der Waals surface area contributed by atoms with Crippen LogP contribution >= 0.6 is 11.3 Å². The summed E-state index contributed by atoms with van der Waals surface area (Å²) in [5, 5.41) is 7.07. The molecule has 0 atom stereocenters. The molecule has 0 aliphatic heterocycles. The lowest BCUT2D eigenvalue weighted by Gasteiger charge is -2.06. The predicted octanol–water partition coefficient (Wildman–Crippen LogP) is 5.84. The first kappa shape index (κ1) is 17.9. The summed E-state index contributed by atoms with van der Waals surface area (Å²) < 4.78 is 5.86. The van der Waals surface area contributed by atoms with E-state index < -0.39 is 0 Å². The molecule has 4 nitrogen and oxygen atoms in total. The van der Waals surface area contributed by atoms with Gasteiger partial charge in [-0.25, -0.2) is 4.98 Å². The second-order valence-electron chi connectivity index (χ2n) is 6.12. The zero-order chi connectivity index (χ0) is 19.0. The van der Waals surface area contributed by atoms with E-state index in [2.05, 4.69) is 15.5 Å². The van der Waals surface area contributed by atoms with Gasteiger partial charge in [0.25, 0.3) is 0 Å². The normalized spacial score (nSPS) is 10.9. The van der Waals surface area contributed by atoms with Gasteiger partial charge >= 0.3 is 0 Å². The van der Waals surface area contributed by atoms with Crippen LogP contribution in [0.2, 0.25) is 0 Å². The van der Waals surface area contributed by atoms with Gasteiger partial charge in [0.15, 0.2) is 0 Å². The van der Waals surface area contributed by atoms with Gasteiger partial charge in [0.2, 0.25) is 5.13 Å². The highest BCUT2D eigenvalue weighted by Crippen LogP contribution is 2.24. The van der Waals surface area contributed by atoms with E-state index in [4.69, 9.17) is 4.74 Å². The second kappa shape index (κ2) is 8.97. The molecule has 0 saturated carbocycles. The Hall–Kier alpha value is -3.44. The average molecular weight is 385 g/mol. The second-order valence-corrected chi connectivity index (χ2v) is 6.98. The fourth-order valence-corrected chi connectivity index (χ4v) is 3.32. The van der Waals surface area contributed by atoms with E-state index in [-0.39, 0.29) is 0 Å². The first-order valence-electron chi connectivity index (χ1n) is 8.94. The summed E-state index contributed by atoms with van der Waals surface area (Å²) >= 11 is 1.53. The largest absolute Gasteiger partial charge is 0.489 e. The molecule has 28 heavy (non-hydrogen) atoms. The summed E-state index contributed by atoms with van der Waals surface area (Å²) in [6.07, 6.45) is 1.76. The van der Waals surface area contributed by atoms with Crippen LogP contribution in [0.4, 0.5) is 5.13 Å². The Bertz CT molecular complexity index is 1050. The van der Waals surface area contributed by atoms with Crippen molar-refractivity contribution in [1.29, 1.82) is 0 Å². The molecular weight excluding hydrogens is 366 g/mol. The lowest BCUT2D eigenvalue weighted by atomic mass is 10.2. The van der Waals surface area contributed by atoms with Gasteiger partial charge in [0, 0.05) is 10.9 Å². The number of hydrogen-bond donors (Lipinski definition) is 1. The van der Waals surface area contributed by atoms with Crippen molar-refractivity contribution in [2.24, 2.45) is 5.10 Å². The third-order valence-electron chi connectivity index (χ3n) is 4.05. The number of nitrogens with one attached hydrogen (secondary N) is 1. The maximum absolute atomic E-state index is 5.86. The number of aromatic nitrogens is 1. The van der Waals surface area contributed by atoms with Crippen molar-refractivity contribution >= 4 is 22.7 Å². The monoisotopic (exact) mass is 385 g/mol. The van der Waals surface area contributed by atoms with Crippen molar-refractivity contribution in [2.45, 2.75) is 6.61 Å². The summed E-state index contributed by atoms with van der Waals surface area (Å²) in [6.45, 7) is 0.543. The molecule has 0 saturated heterocycles. The molecule has 0 spiro atoms. The van der Waals surface area contributed by atoms with Gasteiger partial charge in [-0.05, 0) is 23.3 Å². The minimum atomic E-state index is 0.543. The first-order valence-corrected chi connectivity index (χ1v) is 9.81. The molecule has 0 bridgehead atoms. The molecule has 0 amide bonds. The molecule has 4 aromatic rings. The Balaban J connectivity index is 1.35. The average Bonchev–Trinajstić information content (AvgIpc) is 3.23. The molecule has 3 aromatic carbocycles. The molecule has 5 heteroatoms. The molecule has 0 aliphatic carbocycles. The van der Waals surface area contributed by atoms with E-state index in [0.29, 0.717) is 6.61 Å². The smallest absolute Gasteiger partial charge is 0.203 e. The first-order chi connectivity index (χ1) is 13.9. The Morgan fingerprint density at radius 3 is 2.54 bits per heavy atom. The number of nitrogens with zero attached hydrogens (tertiary/aromatic N) is 2. The number of hydrazone groups is 1.